The Morgan fingerprint density at radius 2 is 1.52 bits per heavy atom. The third-order valence-electron chi connectivity index (χ3n) is 2.57. The number of carboxylic acid groups (broad SMARTS) is 2. The third-order valence-corrected chi connectivity index (χ3v) is 2.96. The number of carboxylic acids is 2. The Kier molecular flexibility index (Phi) is 7.31. The number of benzene rings is 1. The summed E-state index contributed by atoms with van der Waals surface area (Å²) in [5.74, 6) is -1.67. The van der Waals surface area contributed by atoms with Crippen LogP contribution in [-0.2, 0) is 11.2 Å². The van der Waals surface area contributed by atoms with E-state index >= 15 is 0 Å². The number of aryl methyl sites for hydroxylation is 1. The molecular weight excluding hydrogens is 345 g/mol. The molecule has 2 aromatic rings. The highest BCUT2D eigenvalue weighted by molar-refractivity contribution is 6.32. The van der Waals surface area contributed by atoms with Crippen molar-refractivity contribution in [2.75, 3.05) is 0 Å². The van der Waals surface area contributed by atoms with Gasteiger partial charge in [0.25, 0.3) is 0 Å². The van der Waals surface area contributed by atoms with Gasteiger partial charge in [-0.2, -0.15) is 0 Å². The summed E-state index contributed by atoms with van der Waals surface area (Å²) in [4.78, 5) is 24.1. The van der Waals surface area contributed by atoms with E-state index in [1.54, 1.807) is 24.3 Å². The fraction of sp³-hybridized carbons (Fsp3) is 0.133. The summed E-state index contributed by atoms with van der Waals surface area (Å²) >= 11 is 10.9. The van der Waals surface area contributed by atoms with Crippen molar-refractivity contribution in [3.05, 3.63) is 57.8 Å². The van der Waals surface area contributed by atoms with E-state index in [-0.39, 0.29) is 28.0 Å². The lowest BCUT2D eigenvalue weighted by Gasteiger charge is -1.97. The number of aromatic nitrogens is 1. The number of carbonyl (C=O) groups is 2. The van der Waals surface area contributed by atoms with E-state index in [4.69, 9.17) is 38.5 Å². The molecule has 0 fully saturated rings. The van der Waals surface area contributed by atoms with Gasteiger partial charge in [-0.05, 0) is 36.2 Å². The van der Waals surface area contributed by atoms with Gasteiger partial charge in [-0.15, -0.1) is 0 Å². The third kappa shape index (κ3) is 7.49. The lowest BCUT2D eigenvalue weighted by Crippen LogP contribution is -1.96. The average molecular weight is 358 g/mol. The summed E-state index contributed by atoms with van der Waals surface area (Å²) in [6.45, 7) is 0. The van der Waals surface area contributed by atoms with Crippen LogP contribution in [0.3, 0.4) is 0 Å². The number of aromatic carboxylic acids is 1. The van der Waals surface area contributed by atoms with Gasteiger partial charge in [0.05, 0.1) is 5.56 Å². The van der Waals surface area contributed by atoms with E-state index in [0.717, 1.165) is 5.56 Å². The number of hydrogen-bond acceptors (Lipinski definition) is 4. The molecule has 0 saturated carbocycles. The van der Waals surface area contributed by atoms with E-state index in [2.05, 4.69) is 4.98 Å². The van der Waals surface area contributed by atoms with Crippen molar-refractivity contribution in [1.82, 2.24) is 4.98 Å². The molecule has 8 heteroatoms. The largest absolute Gasteiger partial charge is 0.508 e. The van der Waals surface area contributed by atoms with Gasteiger partial charge in [0.2, 0.25) is 0 Å². The maximum Gasteiger partial charge on any atom is 0.335 e. The molecule has 0 bridgehead atoms. The number of hydrogen-bond donors (Lipinski definition) is 3. The topological polar surface area (TPSA) is 108 Å². The van der Waals surface area contributed by atoms with Crippen LogP contribution in [0.15, 0.2) is 36.4 Å². The number of aliphatic carboxylic acids is 1. The number of rotatable bonds is 4. The fourth-order valence-corrected chi connectivity index (χ4v) is 1.96. The lowest BCUT2D eigenvalue weighted by atomic mass is 10.1. The summed E-state index contributed by atoms with van der Waals surface area (Å²) in [6.07, 6.45) is 0.639. The Labute approximate surface area is 141 Å². The zero-order chi connectivity index (χ0) is 17.4. The molecule has 0 atom stereocenters. The summed E-state index contributed by atoms with van der Waals surface area (Å²) < 4.78 is 0. The van der Waals surface area contributed by atoms with Gasteiger partial charge in [0, 0.05) is 6.42 Å². The molecule has 0 aliphatic carbocycles. The standard InChI is InChI=1S/C9H10O3.C6H3Cl2NO2/c10-8-4-1-7(2-5-8)3-6-9(11)12;7-4-1-3(6(10)11)2-5(8)9-4/h1-2,4-5,10H,3,6H2,(H,11,12);1-2H,(H,10,11). The molecule has 122 valence electrons. The van der Waals surface area contributed by atoms with Crippen molar-refractivity contribution < 1.29 is 24.9 Å². The van der Waals surface area contributed by atoms with Crippen molar-refractivity contribution in [2.45, 2.75) is 12.8 Å². The summed E-state index contributed by atoms with van der Waals surface area (Å²) in [6, 6.07) is 9.01. The number of phenolic OH excluding ortho intramolecular Hbond substituents is 1. The van der Waals surface area contributed by atoms with Gasteiger partial charge in [-0.25, -0.2) is 9.78 Å². The minimum atomic E-state index is -1.07. The van der Waals surface area contributed by atoms with Crippen LogP contribution < -0.4 is 0 Å². The molecule has 0 unspecified atom stereocenters. The summed E-state index contributed by atoms with van der Waals surface area (Å²) in [5, 5.41) is 25.9. The smallest absolute Gasteiger partial charge is 0.335 e. The van der Waals surface area contributed by atoms with Crippen LogP contribution in [0.2, 0.25) is 10.3 Å². The predicted octanol–water partition coefficient (Wildman–Crippen LogP) is 3.50. The first kappa shape index (κ1) is 18.7. The van der Waals surface area contributed by atoms with Crippen molar-refractivity contribution in [3.8, 4) is 5.75 Å². The molecule has 1 heterocycles. The van der Waals surface area contributed by atoms with Crippen molar-refractivity contribution in [3.63, 3.8) is 0 Å². The van der Waals surface area contributed by atoms with E-state index < -0.39 is 11.9 Å². The zero-order valence-electron chi connectivity index (χ0n) is 11.7. The highest BCUT2D eigenvalue weighted by atomic mass is 35.5. The van der Waals surface area contributed by atoms with Gasteiger partial charge in [-0.3, -0.25) is 4.79 Å². The number of nitrogens with zero attached hydrogens (tertiary/aromatic N) is 1. The molecule has 0 radical (unpaired) electrons. The van der Waals surface area contributed by atoms with Crippen LogP contribution in [0.5, 0.6) is 5.75 Å². The summed E-state index contributed by atoms with van der Waals surface area (Å²) in [7, 11) is 0. The fourth-order valence-electron chi connectivity index (χ4n) is 1.50. The van der Waals surface area contributed by atoms with Crippen LogP contribution in [0.25, 0.3) is 0 Å². The molecule has 0 aliphatic heterocycles. The Hall–Kier alpha value is -2.31. The molecule has 0 amide bonds. The van der Waals surface area contributed by atoms with E-state index in [1.807, 2.05) is 0 Å². The number of phenols is 1. The minimum Gasteiger partial charge on any atom is -0.508 e. The molecule has 23 heavy (non-hydrogen) atoms. The number of aromatic hydroxyl groups is 1. The van der Waals surface area contributed by atoms with Crippen LogP contribution in [0, 0.1) is 0 Å². The molecule has 1 aromatic carbocycles. The molecule has 0 spiro atoms. The first-order valence-corrected chi connectivity index (χ1v) is 7.09. The van der Waals surface area contributed by atoms with E-state index in [9.17, 15) is 9.59 Å². The first-order chi connectivity index (χ1) is 10.8. The second kappa shape index (κ2) is 8.97. The van der Waals surface area contributed by atoms with Crippen molar-refractivity contribution >= 4 is 35.1 Å². The zero-order valence-corrected chi connectivity index (χ0v) is 13.3. The minimum absolute atomic E-state index is 0.0370. The van der Waals surface area contributed by atoms with E-state index in [0.29, 0.717) is 6.42 Å². The molecule has 0 saturated heterocycles. The van der Waals surface area contributed by atoms with Crippen LogP contribution >= 0.6 is 23.2 Å². The lowest BCUT2D eigenvalue weighted by molar-refractivity contribution is -0.136. The van der Waals surface area contributed by atoms with E-state index in [1.165, 1.54) is 12.1 Å². The maximum absolute atomic E-state index is 10.4. The highest BCUT2D eigenvalue weighted by Gasteiger charge is 2.05. The Morgan fingerprint density at radius 3 is 1.96 bits per heavy atom. The molecule has 0 aliphatic rings. The van der Waals surface area contributed by atoms with Crippen molar-refractivity contribution in [2.24, 2.45) is 0 Å². The second-order valence-corrected chi connectivity index (χ2v) is 5.14. The van der Waals surface area contributed by atoms with Crippen LogP contribution in [-0.4, -0.2) is 32.2 Å². The summed E-state index contributed by atoms with van der Waals surface area (Å²) in [5.41, 5.74) is 0.963. The Morgan fingerprint density at radius 1 is 1.00 bits per heavy atom. The number of halogens is 2. The van der Waals surface area contributed by atoms with Crippen molar-refractivity contribution in [1.29, 1.82) is 0 Å². The second-order valence-electron chi connectivity index (χ2n) is 4.37. The number of pyridine rings is 1. The van der Waals surface area contributed by atoms with Gasteiger partial charge in [0.1, 0.15) is 16.1 Å². The van der Waals surface area contributed by atoms with Gasteiger partial charge in [-0.1, -0.05) is 35.3 Å². The molecular formula is C15H13Cl2NO5. The normalized spacial score (nSPS) is 9.65. The monoisotopic (exact) mass is 357 g/mol. The average Bonchev–Trinajstić information content (AvgIpc) is 2.46. The Bertz CT molecular complexity index is 669. The van der Waals surface area contributed by atoms with Crippen LogP contribution in [0.4, 0.5) is 0 Å². The predicted molar refractivity (Wildman–Crippen MR) is 85.3 cm³/mol. The highest BCUT2D eigenvalue weighted by Crippen LogP contribution is 2.14. The maximum atomic E-state index is 10.4. The van der Waals surface area contributed by atoms with Gasteiger partial charge < -0.3 is 15.3 Å². The SMILES string of the molecule is O=C(O)CCc1ccc(O)cc1.O=C(O)c1cc(Cl)nc(Cl)c1. The quantitative estimate of drug-likeness (QED) is 0.722. The molecule has 1 aromatic heterocycles. The molecule has 2 rings (SSSR count). The molecule has 6 nitrogen and oxygen atoms in total. The van der Waals surface area contributed by atoms with Gasteiger partial charge >= 0.3 is 11.9 Å². The first-order valence-electron chi connectivity index (χ1n) is 6.34. The van der Waals surface area contributed by atoms with Gasteiger partial charge in [0.15, 0.2) is 0 Å². The van der Waals surface area contributed by atoms with Crippen LogP contribution in [0.1, 0.15) is 22.3 Å². The molecule has 3 N–H and O–H groups in total. The Balaban J connectivity index is 0.000000231.